The lowest BCUT2D eigenvalue weighted by atomic mass is 9.96. The Balaban J connectivity index is 1.64. The summed E-state index contributed by atoms with van der Waals surface area (Å²) < 4.78 is 10.5. The van der Waals surface area contributed by atoms with Gasteiger partial charge in [-0.3, -0.25) is 9.89 Å². The molecule has 1 atom stereocenters. The number of carbonyl (C=O) groups is 1. The van der Waals surface area contributed by atoms with Crippen molar-refractivity contribution in [3.8, 4) is 5.75 Å². The molecule has 0 bridgehead atoms. The van der Waals surface area contributed by atoms with Gasteiger partial charge >= 0.3 is 0 Å². The Hall–Kier alpha value is -2.38. The third-order valence-corrected chi connectivity index (χ3v) is 4.63. The second-order valence-corrected chi connectivity index (χ2v) is 6.59. The molecule has 1 saturated heterocycles. The highest BCUT2D eigenvalue weighted by molar-refractivity contribution is 5.94. The number of aromatic nitrogens is 2. The van der Waals surface area contributed by atoms with Crippen molar-refractivity contribution in [2.75, 3.05) is 27.3 Å². The van der Waals surface area contributed by atoms with E-state index in [2.05, 4.69) is 20.8 Å². The molecular formula is C19H26N4O3. The minimum absolute atomic E-state index is 0.110. The van der Waals surface area contributed by atoms with Crippen LogP contribution in [0.15, 0.2) is 24.3 Å². The van der Waals surface area contributed by atoms with Crippen LogP contribution in [0, 0.1) is 5.92 Å². The Morgan fingerprint density at radius 3 is 2.96 bits per heavy atom. The number of carbonyl (C=O) groups excluding carboxylic acids is 1. The number of benzene rings is 1. The molecule has 1 aromatic heterocycles. The molecule has 0 radical (unpaired) electrons. The molecule has 1 aliphatic heterocycles. The molecule has 0 spiro atoms. The van der Waals surface area contributed by atoms with E-state index in [1.54, 1.807) is 20.3 Å². The van der Waals surface area contributed by atoms with Crippen molar-refractivity contribution in [2.45, 2.75) is 26.0 Å². The summed E-state index contributed by atoms with van der Waals surface area (Å²) in [5, 5.41) is 13.3. The maximum Gasteiger partial charge on any atom is 0.251 e. The van der Waals surface area contributed by atoms with Gasteiger partial charge in [-0.1, -0.05) is 0 Å². The largest absolute Gasteiger partial charge is 0.496 e. The summed E-state index contributed by atoms with van der Waals surface area (Å²) >= 11 is 0. The molecule has 26 heavy (non-hydrogen) atoms. The fourth-order valence-corrected chi connectivity index (χ4v) is 3.28. The van der Waals surface area contributed by atoms with Crippen LogP contribution in [0.4, 0.5) is 0 Å². The van der Waals surface area contributed by atoms with Gasteiger partial charge in [0.15, 0.2) is 0 Å². The lowest BCUT2D eigenvalue weighted by molar-refractivity contribution is 0.0950. The predicted octanol–water partition coefficient (Wildman–Crippen LogP) is 1.65. The average Bonchev–Trinajstić information content (AvgIpc) is 3.32. The first kappa shape index (κ1) is 18.4. The summed E-state index contributed by atoms with van der Waals surface area (Å²) in [6.07, 6.45) is 2.07. The van der Waals surface area contributed by atoms with Crippen LogP contribution in [0.2, 0.25) is 0 Å². The fourth-order valence-electron chi connectivity index (χ4n) is 3.28. The average molecular weight is 358 g/mol. The number of amides is 1. The van der Waals surface area contributed by atoms with Gasteiger partial charge in [0.2, 0.25) is 0 Å². The number of hydrogen-bond donors (Lipinski definition) is 3. The summed E-state index contributed by atoms with van der Waals surface area (Å²) in [5.74, 6) is 1.32. The first-order chi connectivity index (χ1) is 12.7. The lowest BCUT2D eigenvalue weighted by Crippen LogP contribution is -2.23. The number of ether oxygens (including phenoxy) is 2. The summed E-state index contributed by atoms with van der Waals surface area (Å²) in [6, 6.07) is 7.50. The number of nitrogens with one attached hydrogen (secondary N) is 3. The van der Waals surface area contributed by atoms with Gasteiger partial charge in [-0.05, 0) is 61.7 Å². The van der Waals surface area contributed by atoms with Crippen molar-refractivity contribution in [2.24, 2.45) is 5.92 Å². The highest BCUT2D eigenvalue weighted by Crippen LogP contribution is 2.25. The molecule has 140 valence electrons. The van der Waals surface area contributed by atoms with Crippen LogP contribution in [-0.2, 0) is 24.3 Å². The first-order valence-corrected chi connectivity index (χ1v) is 8.87. The van der Waals surface area contributed by atoms with Gasteiger partial charge in [0, 0.05) is 12.7 Å². The second-order valence-electron chi connectivity index (χ2n) is 6.59. The Labute approximate surface area is 153 Å². The maximum absolute atomic E-state index is 12.5. The topological polar surface area (TPSA) is 88.3 Å². The van der Waals surface area contributed by atoms with Crippen molar-refractivity contribution in [3.05, 3.63) is 46.8 Å². The van der Waals surface area contributed by atoms with Gasteiger partial charge in [-0.15, -0.1) is 0 Å². The molecule has 0 aliphatic carbocycles. The van der Waals surface area contributed by atoms with E-state index < -0.39 is 0 Å². The zero-order valence-corrected chi connectivity index (χ0v) is 15.3. The zero-order valence-electron chi connectivity index (χ0n) is 15.3. The molecule has 2 heterocycles. The van der Waals surface area contributed by atoms with E-state index in [0.29, 0.717) is 24.6 Å². The molecule has 2 aromatic rings. The van der Waals surface area contributed by atoms with Crippen LogP contribution in [0.25, 0.3) is 0 Å². The molecule has 1 unspecified atom stereocenters. The zero-order chi connectivity index (χ0) is 18.4. The van der Waals surface area contributed by atoms with Crippen molar-refractivity contribution in [1.82, 2.24) is 20.8 Å². The van der Waals surface area contributed by atoms with E-state index in [9.17, 15) is 4.79 Å². The van der Waals surface area contributed by atoms with E-state index in [-0.39, 0.29) is 5.91 Å². The SMILES string of the molecule is COCc1cc(CNC(=O)c2ccc(OC)c(CC3CCNC3)c2)[nH]n1. The quantitative estimate of drug-likeness (QED) is 0.668. The second kappa shape index (κ2) is 8.82. The molecule has 1 amide bonds. The third-order valence-electron chi connectivity index (χ3n) is 4.63. The Morgan fingerprint density at radius 2 is 2.23 bits per heavy atom. The number of H-pyrrole nitrogens is 1. The van der Waals surface area contributed by atoms with Crippen LogP contribution in [-0.4, -0.2) is 43.4 Å². The van der Waals surface area contributed by atoms with Crippen LogP contribution < -0.4 is 15.4 Å². The highest BCUT2D eigenvalue weighted by Gasteiger charge is 2.18. The summed E-state index contributed by atoms with van der Waals surface area (Å²) in [7, 11) is 3.29. The van der Waals surface area contributed by atoms with Crippen LogP contribution in [0.5, 0.6) is 5.75 Å². The molecular weight excluding hydrogens is 332 g/mol. The Bertz CT molecular complexity index is 738. The minimum atomic E-state index is -0.110. The monoisotopic (exact) mass is 358 g/mol. The van der Waals surface area contributed by atoms with Crippen LogP contribution in [0.3, 0.4) is 0 Å². The van der Waals surface area contributed by atoms with Crippen molar-refractivity contribution < 1.29 is 14.3 Å². The van der Waals surface area contributed by atoms with Crippen molar-refractivity contribution in [3.63, 3.8) is 0 Å². The summed E-state index contributed by atoms with van der Waals surface area (Å²) in [6.45, 7) is 2.91. The number of hydrogen-bond acceptors (Lipinski definition) is 5. The van der Waals surface area contributed by atoms with Gasteiger partial charge in [-0.2, -0.15) is 5.10 Å². The summed E-state index contributed by atoms with van der Waals surface area (Å²) in [4.78, 5) is 12.5. The van der Waals surface area contributed by atoms with E-state index in [1.165, 1.54) is 0 Å². The lowest BCUT2D eigenvalue weighted by Gasteiger charge is -2.14. The molecule has 7 nitrogen and oxygen atoms in total. The van der Waals surface area contributed by atoms with Crippen molar-refractivity contribution in [1.29, 1.82) is 0 Å². The van der Waals surface area contributed by atoms with Crippen LogP contribution in [0.1, 0.15) is 33.7 Å². The fraction of sp³-hybridized carbons (Fsp3) is 0.474. The normalized spacial score (nSPS) is 16.6. The minimum Gasteiger partial charge on any atom is -0.496 e. The van der Waals surface area contributed by atoms with Gasteiger partial charge in [0.25, 0.3) is 5.91 Å². The van der Waals surface area contributed by atoms with Gasteiger partial charge < -0.3 is 20.1 Å². The van der Waals surface area contributed by atoms with Gasteiger partial charge in [0.1, 0.15) is 5.75 Å². The van der Waals surface area contributed by atoms with E-state index in [0.717, 1.165) is 48.6 Å². The first-order valence-electron chi connectivity index (χ1n) is 8.87. The van der Waals surface area contributed by atoms with Gasteiger partial charge in [-0.25, -0.2) is 0 Å². The Kier molecular flexibility index (Phi) is 6.25. The number of nitrogens with zero attached hydrogens (tertiary/aromatic N) is 1. The van der Waals surface area contributed by atoms with E-state index in [4.69, 9.17) is 9.47 Å². The summed E-state index contributed by atoms with van der Waals surface area (Å²) in [5.41, 5.74) is 3.38. The van der Waals surface area contributed by atoms with E-state index >= 15 is 0 Å². The molecule has 0 saturated carbocycles. The number of methoxy groups -OCH3 is 2. The van der Waals surface area contributed by atoms with Gasteiger partial charge in [0.05, 0.1) is 31.6 Å². The van der Waals surface area contributed by atoms with Crippen molar-refractivity contribution >= 4 is 5.91 Å². The molecule has 1 aromatic carbocycles. The smallest absolute Gasteiger partial charge is 0.251 e. The molecule has 1 aliphatic rings. The number of rotatable bonds is 8. The molecule has 7 heteroatoms. The maximum atomic E-state index is 12.5. The van der Waals surface area contributed by atoms with Crippen LogP contribution >= 0.6 is 0 Å². The number of aromatic amines is 1. The highest BCUT2D eigenvalue weighted by atomic mass is 16.5. The predicted molar refractivity (Wildman–Crippen MR) is 98.1 cm³/mol. The standard InChI is InChI=1S/C19H26N4O3/c1-25-12-17-9-16(22-23-17)11-21-19(24)14-3-4-18(26-2)15(8-14)7-13-5-6-20-10-13/h3-4,8-9,13,20H,5-7,10-12H2,1-2H3,(H,21,24)(H,22,23). The Morgan fingerprint density at radius 1 is 1.35 bits per heavy atom. The third kappa shape index (κ3) is 4.62. The van der Waals surface area contributed by atoms with E-state index in [1.807, 2.05) is 18.2 Å². The molecule has 1 fully saturated rings. The molecule has 3 rings (SSSR count). The molecule has 3 N–H and O–H groups in total.